The van der Waals surface area contributed by atoms with Crippen LogP contribution in [0.4, 0.5) is 11.4 Å². The monoisotopic (exact) mass is 421 g/mol. The molecule has 0 saturated heterocycles. The normalized spacial score (nSPS) is 10.2. The number of nitro benzene ring substituents is 1. The Hall–Kier alpha value is -3.33. The summed E-state index contributed by atoms with van der Waals surface area (Å²) in [6, 6.07) is 6.68. The number of anilines is 1. The Morgan fingerprint density at radius 1 is 1.07 bits per heavy atom. The third-order valence-electron chi connectivity index (χ3n) is 3.95. The zero-order chi connectivity index (χ0) is 21.6. The molecule has 0 unspecified atom stereocenters. The highest BCUT2D eigenvalue weighted by atomic mass is 35.5. The van der Waals surface area contributed by atoms with Crippen LogP contribution < -0.4 is 20.1 Å². The maximum atomic E-state index is 12.6. The number of nitro groups is 1. The van der Waals surface area contributed by atoms with Crippen molar-refractivity contribution in [3.8, 4) is 11.5 Å². The molecule has 9 nitrogen and oxygen atoms in total. The van der Waals surface area contributed by atoms with Crippen molar-refractivity contribution in [2.75, 3.05) is 26.1 Å². The summed E-state index contributed by atoms with van der Waals surface area (Å²) in [5.41, 5.74) is -0.123. The van der Waals surface area contributed by atoms with Crippen LogP contribution in [0.5, 0.6) is 11.5 Å². The number of nitrogens with one attached hydrogen (secondary N) is 2. The molecule has 0 aromatic heterocycles. The average Bonchev–Trinajstić information content (AvgIpc) is 2.70. The number of carbonyl (C=O) groups excluding carboxylic acids is 2. The Kier molecular flexibility index (Phi) is 7.38. The molecule has 154 valence electrons. The summed E-state index contributed by atoms with van der Waals surface area (Å²) >= 11 is 6.14. The van der Waals surface area contributed by atoms with Crippen LogP contribution in [0.1, 0.15) is 34.1 Å². The minimum atomic E-state index is -0.739. The van der Waals surface area contributed by atoms with Crippen molar-refractivity contribution < 1.29 is 24.0 Å². The van der Waals surface area contributed by atoms with Crippen LogP contribution in [0.15, 0.2) is 30.3 Å². The second-order valence-electron chi connectivity index (χ2n) is 5.89. The summed E-state index contributed by atoms with van der Waals surface area (Å²) in [6.07, 6.45) is 0.779. The van der Waals surface area contributed by atoms with Crippen molar-refractivity contribution >= 4 is 34.8 Å². The van der Waals surface area contributed by atoms with Gasteiger partial charge in [0.2, 0.25) is 0 Å². The first kappa shape index (κ1) is 22.0. The fourth-order valence-corrected chi connectivity index (χ4v) is 2.78. The number of ether oxygens (including phenoxy) is 2. The number of amides is 2. The van der Waals surface area contributed by atoms with E-state index < -0.39 is 16.5 Å². The number of hydrogen-bond donors (Lipinski definition) is 2. The number of benzene rings is 2. The molecule has 0 aliphatic carbocycles. The largest absolute Gasteiger partial charge is 0.493 e. The van der Waals surface area contributed by atoms with Gasteiger partial charge in [0, 0.05) is 18.3 Å². The lowest BCUT2D eigenvalue weighted by Crippen LogP contribution is -2.24. The van der Waals surface area contributed by atoms with E-state index in [1.165, 1.54) is 38.5 Å². The number of carbonyl (C=O) groups is 2. The summed E-state index contributed by atoms with van der Waals surface area (Å²) in [7, 11) is 2.69. The van der Waals surface area contributed by atoms with E-state index in [4.69, 9.17) is 21.1 Å². The molecule has 0 heterocycles. The van der Waals surface area contributed by atoms with Crippen molar-refractivity contribution in [3.05, 3.63) is 56.6 Å². The molecule has 0 bridgehead atoms. The highest BCUT2D eigenvalue weighted by Crippen LogP contribution is 2.35. The fourth-order valence-electron chi connectivity index (χ4n) is 2.51. The fraction of sp³-hybridized carbons (Fsp3) is 0.263. The Morgan fingerprint density at radius 2 is 1.72 bits per heavy atom. The second kappa shape index (κ2) is 9.74. The predicted molar refractivity (Wildman–Crippen MR) is 108 cm³/mol. The lowest BCUT2D eigenvalue weighted by atomic mass is 10.1. The van der Waals surface area contributed by atoms with Gasteiger partial charge in [0.15, 0.2) is 11.5 Å². The van der Waals surface area contributed by atoms with Gasteiger partial charge in [-0.3, -0.25) is 19.7 Å². The van der Waals surface area contributed by atoms with Crippen molar-refractivity contribution in [2.45, 2.75) is 13.3 Å². The Labute approximate surface area is 172 Å². The third-order valence-corrected chi connectivity index (χ3v) is 4.26. The summed E-state index contributed by atoms with van der Waals surface area (Å²) in [5, 5.41) is 16.8. The summed E-state index contributed by atoms with van der Waals surface area (Å²) in [5.74, 6) is -0.771. The molecular weight excluding hydrogens is 402 g/mol. The van der Waals surface area contributed by atoms with Gasteiger partial charge in [-0.2, -0.15) is 0 Å². The quantitative estimate of drug-likeness (QED) is 0.495. The van der Waals surface area contributed by atoms with E-state index in [-0.39, 0.29) is 39.2 Å². The van der Waals surface area contributed by atoms with Crippen molar-refractivity contribution in [2.24, 2.45) is 0 Å². The number of methoxy groups -OCH3 is 2. The third kappa shape index (κ3) is 5.14. The SMILES string of the molecule is CCCNC(=O)c1ccc(NC(=O)c2cc(OC)c(OC)cc2[N+](=O)[O-])cc1Cl. The smallest absolute Gasteiger partial charge is 0.286 e. The zero-order valence-corrected chi connectivity index (χ0v) is 16.8. The Balaban J connectivity index is 2.31. The first-order valence-electron chi connectivity index (χ1n) is 8.61. The minimum absolute atomic E-state index is 0.126. The van der Waals surface area contributed by atoms with Gasteiger partial charge in [-0.15, -0.1) is 0 Å². The molecule has 2 rings (SSSR count). The number of hydrogen-bond acceptors (Lipinski definition) is 6. The van der Waals surface area contributed by atoms with Crippen LogP contribution in [0.2, 0.25) is 5.02 Å². The van der Waals surface area contributed by atoms with Crippen LogP contribution in [0.3, 0.4) is 0 Å². The molecule has 10 heteroatoms. The van der Waals surface area contributed by atoms with Crippen molar-refractivity contribution in [1.29, 1.82) is 0 Å². The highest BCUT2D eigenvalue weighted by molar-refractivity contribution is 6.34. The van der Waals surface area contributed by atoms with Crippen LogP contribution in [0, 0.1) is 10.1 Å². The molecule has 0 aliphatic heterocycles. The van der Waals surface area contributed by atoms with Crippen LogP contribution in [-0.2, 0) is 0 Å². The highest BCUT2D eigenvalue weighted by Gasteiger charge is 2.25. The van der Waals surface area contributed by atoms with Gasteiger partial charge >= 0.3 is 0 Å². The Bertz CT molecular complexity index is 948. The minimum Gasteiger partial charge on any atom is -0.493 e. The van der Waals surface area contributed by atoms with Gasteiger partial charge in [0.1, 0.15) is 5.56 Å². The summed E-state index contributed by atoms with van der Waals surface area (Å²) in [4.78, 5) is 35.4. The van der Waals surface area contributed by atoms with E-state index in [0.29, 0.717) is 6.54 Å². The zero-order valence-electron chi connectivity index (χ0n) is 16.1. The molecule has 0 aliphatic rings. The lowest BCUT2D eigenvalue weighted by Gasteiger charge is -2.12. The van der Waals surface area contributed by atoms with Gasteiger partial charge < -0.3 is 20.1 Å². The van der Waals surface area contributed by atoms with Gasteiger partial charge in [0.05, 0.1) is 35.8 Å². The van der Waals surface area contributed by atoms with E-state index >= 15 is 0 Å². The van der Waals surface area contributed by atoms with Crippen molar-refractivity contribution in [3.63, 3.8) is 0 Å². The molecular formula is C19H20ClN3O6. The van der Waals surface area contributed by atoms with E-state index in [9.17, 15) is 19.7 Å². The topological polar surface area (TPSA) is 120 Å². The molecule has 2 N–H and O–H groups in total. The Morgan fingerprint density at radius 3 is 2.28 bits per heavy atom. The molecule has 0 spiro atoms. The molecule has 0 fully saturated rings. The van der Waals surface area contributed by atoms with E-state index in [1.807, 2.05) is 6.92 Å². The van der Waals surface area contributed by atoms with Gasteiger partial charge in [-0.05, 0) is 24.6 Å². The molecule has 29 heavy (non-hydrogen) atoms. The number of halogens is 1. The van der Waals surface area contributed by atoms with Crippen LogP contribution in [0.25, 0.3) is 0 Å². The molecule has 0 atom stereocenters. The van der Waals surface area contributed by atoms with E-state index in [0.717, 1.165) is 12.5 Å². The molecule has 2 aromatic carbocycles. The van der Waals surface area contributed by atoms with E-state index in [2.05, 4.69) is 10.6 Å². The maximum absolute atomic E-state index is 12.6. The molecule has 0 saturated carbocycles. The number of rotatable bonds is 8. The van der Waals surface area contributed by atoms with E-state index in [1.54, 1.807) is 0 Å². The second-order valence-corrected chi connectivity index (χ2v) is 6.29. The predicted octanol–water partition coefficient (Wildman–Crippen LogP) is 3.66. The first-order chi connectivity index (χ1) is 13.8. The average molecular weight is 422 g/mol. The summed E-state index contributed by atoms with van der Waals surface area (Å²) in [6.45, 7) is 2.44. The van der Waals surface area contributed by atoms with Crippen molar-refractivity contribution in [1.82, 2.24) is 5.32 Å². The van der Waals surface area contributed by atoms with Gasteiger partial charge in [-0.1, -0.05) is 18.5 Å². The molecule has 0 radical (unpaired) electrons. The lowest BCUT2D eigenvalue weighted by molar-refractivity contribution is -0.385. The van der Waals surface area contributed by atoms with Crippen LogP contribution in [-0.4, -0.2) is 37.5 Å². The number of nitrogens with zero attached hydrogens (tertiary/aromatic N) is 1. The van der Waals surface area contributed by atoms with Crippen LogP contribution >= 0.6 is 11.6 Å². The standard InChI is InChI=1S/C19H20ClN3O6/c1-4-7-21-18(24)12-6-5-11(8-14(12)20)22-19(25)13-9-16(28-2)17(29-3)10-15(13)23(26)27/h5-6,8-10H,4,7H2,1-3H3,(H,21,24)(H,22,25). The molecule has 2 aromatic rings. The first-order valence-corrected chi connectivity index (χ1v) is 8.99. The molecule has 2 amide bonds. The van der Waals surface area contributed by atoms with Gasteiger partial charge in [-0.25, -0.2) is 0 Å². The van der Waals surface area contributed by atoms with Gasteiger partial charge in [0.25, 0.3) is 17.5 Å². The summed E-state index contributed by atoms with van der Waals surface area (Å²) < 4.78 is 10.2. The maximum Gasteiger partial charge on any atom is 0.286 e.